The van der Waals surface area contributed by atoms with Crippen molar-refractivity contribution >= 4 is 53.7 Å². The molecule has 110 heavy (non-hydrogen) atoms. The van der Waals surface area contributed by atoms with Crippen LogP contribution >= 0.6 is 0 Å². The molecule has 0 radical (unpaired) electrons. The molecule has 4 bridgehead atoms. The van der Waals surface area contributed by atoms with Gasteiger partial charge in [0.05, 0.1) is 54.4 Å². The number of carbonyl (C=O) groups excluding carboxylic acids is 9. The van der Waals surface area contributed by atoms with Crippen LogP contribution in [0.1, 0.15) is 172 Å². The predicted molar refractivity (Wildman–Crippen MR) is 386 cm³/mol. The molecule has 9 aliphatic rings. The molecule has 0 spiro atoms. The third-order valence-corrected chi connectivity index (χ3v) is 25.2. The number of ether oxygens (including phenoxy) is 12. The Kier molecular flexibility index (Phi) is 21.6. The van der Waals surface area contributed by atoms with Crippen molar-refractivity contribution in [3.63, 3.8) is 0 Å². The Bertz CT molecular complexity index is 4320. The maximum absolute atomic E-state index is 14.5. The third kappa shape index (κ3) is 13.4. The van der Waals surface area contributed by atoms with E-state index in [0.29, 0.717) is 27.8 Å². The van der Waals surface area contributed by atoms with E-state index in [2.05, 4.69) is 5.32 Å². The van der Waals surface area contributed by atoms with Crippen LogP contribution in [0.25, 0.3) is 0 Å². The van der Waals surface area contributed by atoms with E-state index in [1.807, 2.05) is 6.92 Å². The zero-order valence-electron chi connectivity index (χ0n) is 64.3. The summed E-state index contributed by atoms with van der Waals surface area (Å²) in [5.74, 6) is -10.5. The summed E-state index contributed by atoms with van der Waals surface area (Å²) in [6, 6.07) is 31.8. The van der Waals surface area contributed by atoms with Crippen molar-refractivity contribution in [1.82, 2.24) is 5.32 Å². The Morgan fingerprint density at radius 3 is 1.33 bits per heavy atom. The molecule has 3 saturated heterocycles. The molecule has 13 rings (SSSR count). The number of esters is 8. The Balaban J connectivity index is 0.000000219. The van der Waals surface area contributed by atoms with E-state index in [4.69, 9.17) is 56.8 Å². The van der Waals surface area contributed by atoms with Crippen LogP contribution in [0.3, 0.4) is 0 Å². The Hall–Kier alpha value is -8.77. The van der Waals surface area contributed by atoms with Crippen LogP contribution in [0.15, 0.2) is 144 Å². The van der Waals surface area contributed by atoms with Crippen molar-refractivity contribution in [2.45, 2.75) is 243 Å². The van der Waals surface area contributed by atoms with Crippen molar-refractivity contribution in [2.75, 3.05) is 13.2 Å². The molecule has 3 heterocycles. The van der Waals surface area contributed by atoms with E-state index >= 15 is 0 Å². The maximum atomic E-state index is 14.5. The molecule has 22 atom stereocenters. The second kappa shape index (κ2) is 29.4. The first-order chi connectivity index (χ1) is 51.6. The normalized spacial score (nSPS) is 36.3. The van der Waals surface area contributed by atoms with Gasteiger partial charge < -0.3 is 87.7 Å². The van der Waals surface area contributed by atoms with Gasteiger partial charge in [-0.15, -0.1) is 0 Å². The fourth-order valence-electron chi connectivity index (χ4n) is 19.9. The van der Waals surface area contributed by atoms with E-state index in [1.165, 1.54) is 46.8 Å². The summed E-state index contributed by atoms with van der Waals surface area (Å²) < 4.78 is 75.0. The number of nitrogens with one attached hydrogen (secondary N) is 1. The van der Waals surface area contributed by atoms with Crippen molar-refractivity contribution < 1.29 is 126 Å². The second-order valence-electron chi connectivity index (χ2n) is 32.7. The zero-order valence-corrected chi connectivity index (χ0v) is 64.3. The number of amides is 1. The highest BCUT2D eigenvalue weighted by molar-refractivity contribution is 5.95. The van der Waals surface area contributed by atoms with Crippen LogP contribution in [0.4, 0.5) is 0 Å². The Morgan fingerprint density at radius 2 is 0.891 bits per heavy atom. The van der Waals surface area contributed by atoms with E-state index in [-0.39, 0.29) is 49.2 Å². The van der Waals surface area contributed by atoms with E-state index in [9.17, 15) is 68.7 Å². The minimum atomic E-state index is -2.23. The van der Waals surface area contributed by atoms with Gasteiger partial charge in [0.2, 0.25) is 0 Å². The number of aliphatic hydroxyl groups excluding tert-OH is 3. The van der Waals surface area contributed by atoms with Crippen molar-refractivity contribution in [3.8, 4) is 0 Å². The van der Waals surface area contributed by atoms with E-state index < -0.39 is 207 Å². The number of hydrogen-bond acceptors (Lipinski definition) is 26. The van der Waals surface area contributed by atoms with Crippen LogP contribution in [0, 0.1) is 33.5 Å². The molecule has 4 aromatic rings. The van der Waals surface area contributed by atoms with Crippen LogP contribution in [0.2, 0.25) is 0 Å². The highest BCUT2D eigenvalue weighted by Gasteiger charge is 2.82. The lowest BCUT2D eigenvalue weighted by atomic mass is 9.44. The number of rotatable bonds is 15. The Labute approximate surface area is 637 Å². The third-order valence-electron chi connectivity index (χ3n) is 25.2. The van der Waals surface area contributed by atoms with Crippen molar-refractivity contribution in [2.24, 2.45) is 33.5 Å². The van der Waals surface area contributed by atoms with Gasteiger partial charge in [0.15, 0.2) is 35.3 Å². The van der Waals surface area contributed by atoms with Crippen molar-refractivity contribution in [3.05, 3.63) is 166 Å². The summed E-state index contributed by atoms with van der Waals surface area (Å²) in [6.45, 7) is 22.7. The first-order valence-electron chi connectivity index (χ1n) is 37.1. The molecular weight excluding hydrogens is 1430 g/mol. The summed E-state index contributed by atoms with van der Waals surface area (Å²) >= 11 is 0. The summed E-state index contributed by atoms with van der Waals surface area (Å²) in [5.41, 5.74) is -11.0. The van der Waals surface area contributed by atoms with Gasteiger partial charge >= 0.3 is 47.8 Å². The summed E-state index contributed by atoms with van der Waals surface area (Å²) in [5, 5.41) is 66.1. The van der Waals surface area contributed by atoms with Gasteiger partial charge in [-0.05, 0) is 91.9 Å². The summed E-state index contributed by atoms with van der Waals surface area (Å²) in [4.78, 5) is 121. The summed E-state index contributed by atoms with van der Waals surface area (Å²) in [6.07, 6.45) is -17.5. The zero-order chi connectivity index (χ0) is 80.1. The SMILES string of the molecule is CC(=O)OC1C[C@@]2(O)[C@@H](OC(=O)c3ccccc3)[C@@H]3[C@]4(OC(C)=O)CO[C@@H]4C[C@H](O)[C@@]3(C)[C@@H](O)[C@H](OC(C)=O)C(=C1C)C2(C)C.CC(=O)O[C@@H]1C2=C(C)[C@@H](OC(=O)[C@H](O)[C@@H](NC(=O)c3ccccc3)c3ccccc3)C[C@@](O)([C@@H](OC(=O)c3ccccc3)[C@@H]3[C@]4(OC(C)=O)CO[C@@H]4C[C@@H]4OC(C)(C)O[C@@H]1[C@]43C)C2(C)C. The predicted octanol–water partition coefficient (Wildman–Crippen LogP) is 7.34. The molecule has 4 saturated carbocycles. The van der Waals surface area contributed by atoms with Crippen molar-refractivity contribution in [1.29, 1.82) is 0 Å². The number of fused-ring (bicyclic) bond motifs is 9. The molecule has 3 aliphatic heterocycles. The lowest BCUT2D eigenvalue weighted by Crippen LogP contribution is -2.84. The molecule has 27 heteroatoms. The molecule has 0 aromatic heterocycles. The second-order valence-corrected chi connectivity index (χ2v) is 32.7. The lowest BCUT2D eigenvalue weighted by molar-refractivity contribution is -0.430. The molecule has 6 N–H and O–H groups in total. The average molecular weight is 1530 g/mol. The number of hydrogen-bond donors (Lipinski definition) is 6. The largest absolute Gasteiger partial charge is 0.458 e. The number of benzene rings is 4. The molecule has 592 valence electrons. The molecule has 4 aromatic carbocycles. The lowest BCUT2D eigenvalue weighted by Gasteiger charge is -2.71. The monoisotopic (exact) mass is 1530 g/mol. The van der Waals surface area contributed by atoms with Crippen LogP contribution in [-0.4, -0.2) is 200 Å². The highest BCUT2D eigenvalue weighted by Crippen LogP contribution is 2.69. The van der Waals surface area contributed by atoms with Gasteiger partial charge in [0, 0.05) is 87.5 Å². The maximum Gasteiger partial charge on any atom is 0.338 e. The fraction of sp³-hybridized carbons (Fsp3) is 0.554. The molecule has 7 fully saturated rings. The molecule has 1 amide bonds. The average Bonchev–Trinajstić information content (AvgIpc) is 0.666. The van der Waals surface area contributed by atoms with Crippen LogP contribution in [0.5, 0.6) is 0 Å². The molecule has 6 aliphatic carbocycles. The first kappa shape index (κ1) is 80.7. The van der Waals surface area contributed by atoms with E-state index in [1.54, 1.807) is 172 Å². The Morgan fingerprint density at radius 1 is 0.482 bits per heavy atom. The van der Waals surface area contributed by atoms with Gasteiger partial charge in [0.1, 0.15) is 60.0 Å². The van der Waals surface area contributed by atoms with Crippen LogP contribution in [-0.2, 0) is 85.6 Å². The van der Waals surface area contributed by atoms with E-state index in [0.717, 1.165) is 0 Å². The smallest absolute Gasteiger partial charge is 0.338 e. The van der Waals surface area contributed by atoms with Gasteiger partial charge in [-0.2, -0.15) is 0 Å². The number of carbonyl (C=O) groups is 9. The minimum Gasteiger partial charge on any atom is -0.458 e. The van der Waals surface area contributed by atoms with Gasteiger partial charge in [-0.3, -0.25) is 28.8 Å². The standard InChI is InChI=1S/C50H57NO14.C33H42O12/c1-27-33(61-45(57)38(54)37(30-18-12-9-13-19-30)51-43(55)31-20-14-10-15-21-31)25-50(58)42(62-44(56)32-22-16-11-17-23-32)40-48(8)34(24-35-49(40,26-59-35)63-29(3)53)64-47(6,7)65-41(48)39(60-28(2)52)36(27)46(50,4)5;1-16-21(42-17(2)34)14-33(40)28(44-29(39)20-11-9-8-10-12-20)26-31(7,22(37)13-23-32(26,15-41-23)45-19(4)36)27(38)25(43-18(3)35)24(16)30(33,5)6/h9-23,33-35,37-42,54,58H,24-26H2,1-8H3,(H,51,55);8-12,21-23,25-28,37-38,40H,13-15H2,1-7H3/t33-,34-,35+,37-,38+,39+,40-,41-,42-,48+,49-,50+;21?,22-,23+,25+,26-,27-,28-,31+,32-,33+/m00/s1. The van der Waals surface area contributed by atoms with Gasteiger partial charge in [-0.1, -0.05) is 126 Å². The van der Waals surface area contributed by atoms with Gasteiger partial charge in [-0.25, -0.2) is 14.4 Å². The highest BCUT2D eigenvalue weighted by atomic mass is 16.7. The van der Waals surface area contributed by atoms with Gasteiger partial charge in [0.25, 0.3) is 5.91 Å². The quantitative estimate of drug-likeness (QED) is 0.0385. The van der Waals surface area contributed by atoms with Crippen LogP contribution < -0.4 is 5.32 Å². The molecular formula is C83H99NO26. The number of aliphatic hydroxyl groups is 5. The molecule has 1 unspecified atom stereocenters. The minimum absolute atomic E-state index is 0.0700. The summed E-state index contributed by atoms with van der Waals surface area (Å²) in [7, 11) is 0. The molecule has 27 nitrogen and oxygen atoms in total. The fourth-order valence-corrected chi connectivity index (χ4v) is 19.9. The topological polar surface area (TPSA) is 378 Å². The first-order valence-corrected chi connectivity index (χ1v) is 37.1.